The van der Waals surface area contributed by atoms with E-state index in [1.165, 1.54) is 17.4 Å². The van der Waals surface area contributed by atoms with Crippen LogP contribution in [0.3, 0.4) is 0 Å². The summed E-state index contributed by atoms with van der Waals surface area (Å²) in [5.41, 5.74) is 1.50. The second-order valence-corrected chi connectivity index (χ2v) is 8.70. The Hall–Kier alpha value is -2.58. The molecule has 1 amide bonds. The predicted octanol–water partition coefficient (Wildman–Crippen LogP) is 2.03. The number of fused-ring (bicyclic) bond motifs is 2. The Balaban J connectivity index is 1.50. The van der Waals surface area contributed by atoms with Gasteiger partial charge in [0.25, 0.3) is 0 Å². The predicted molar refractivity (Wildman–Crippen MR) is 99.6 cm³/mol. The lowest BCUT2D eigenvalue weighted by atomic mass is 10.0. The maximum absolute atomic E-state index is 12.9. The summed E-state index contributed by atoms with van der Waals surface area (Å²) in [5, 5.41) is 2.76. The summed E-state index contributed by atoms with van der Waals surface area (Å²) in [4.78, 5) is 11.7. The third-order valence-electron chi connectivity index (χ3n) is 4.71. The molecule has 0 aromatic heterocycles. The fourth-order valence-electron chi connectivity index (χ4n) is 3.24. The van der Waals surface area contributed by atoms with E-state index < -0.39 is 16.1 Å². The minimum atomic E-state index is -3.68. The van der Waals surface area contributed by atoms with Gasteiger partial charge in [0, 0.05) is 19.2 Å². The van der Waals surface area contributed by atoms with E-state index in [2.05, 4.69) is 5.32 Å². The van der Waals surface area contributed by atoms with Gasteiger partial charge in [-0.25, -0.2) is 8.42 Å². The van der Waals surface area contributed by atoms with Gasteiger partial charge in [-0.2, -0.15) is 4.31 Å². The standard InChI is InChI=1S/C19H20N2O5S/c1-21(11-14-12-25-17-4-2-3-5-18(17)26-14)27(23,24)15-7-8-16-13(10-15)6-9-19(22)20-16/h2-5,7-8,10,14H,6,9,11-12H2,1H3,(H,20,22)/t14-/m0/s1. The molecule has 7 nitrogen and oxygen atoms in total. The van der Waals surface area contributed by atoms with E-state index in [0.717, 1.165) is 5.56 Å². The van der Waals surface area contributed by atoms with Gasteiger partial charge >= 0.3 is 0 Å². The number of nitrogens with one attached hydrogen (secondary N) is 1. The Kier molecular flexibility index (Phi) is 4.53. The summed E-state index contributed by atoms with van der Waals surface area (Å²) in [7, 11) is -2.15. The molecule has 1 N–H and O–H groups in total. The molecule has 2 heterocycles. The second kappa shape index (κ2) is 6.86. The molecule has 0 radical (unpaired) electrons. The van der Waals surface area contributed by atoms with Crippen molar-refractivity contribution in [2.45, 2.75) is 23.8 Å². The summed E-state index contributed by atoms with van der Waals surface area (Å²) in [6.07, 6.45) is 0.500. The Labute approximate surface area is 157 Å². The van der Waals surface area contributed by atoms with E-state index in [-0.39, 0.29) is 24.0 Å². The summed E-state index contributed by atoms with van der Waals surface area (Å²) in [6.45, 7) is 0.456. The van der Waals surface area contributed by atoms with Crippen LogP contribution in [0.15, 0.2) is 47.4 Å². The molecule has 0 bridgehead atoms. The van der Waals surface area contributed by atoms with Gasteiger partial charge in [0.05, 0.1) is 11.4 Å². The van der Waals surface area contributed by atoms with Crippen LogP contribution in [0, 0.1) is 0 Å². The average molecular weight is 388 g/mol. The fraction of sp³-hybridized carbons (Fsp3) is 0.316. The van der Waals surface area contributed by atoms with Gasteiger partial charge in [0.1, 0.15) is 12.7 Å². The molecule has 2 aliphatic heterocycles. The molecule has 1 atom stereocenters. The lowest BCUT2D eigenvalue weighted by molar-refractivity contribution is -0.116. The fourth-order valence-corrected chi connectivity index (χ4v) is 4.49. The summed E-state index contributed by atoms with van der Waals surface area (Å²) in [5.74, 6) is 1.23. The highest BCUT2D eigenvalue weighted by Crippen LogP contribution is 2.32. The lowest BCUT2D eigenvalue weighted by Crippen LogP contribution is -2.41. The largest absolute Gasteiger partial charge is 0.486 e. The van der Waals surface area contributed by atoms with Crippen LogP contribution in [0.25, 0.3) is 0 Å². The average Bonchev–Trinajstić information content (AvgIpc) is 2.67. The number of rotatable bonds is 4. The first kappa shape index (κ1) is 17.8. The highest BCUT2D eigenvalue weighted by molar-refractivity contribution is 7.89. The van der Waals surface area contributed by atoms with Gasteiger partial charge in [0.15, 0.2) is 11.5 Å². The van der Waals surface area contributed by atoms with Crippen molar-refractivity contribution >= 4 is 21.6 Å². The molecule has 142 valence electrons. The first-order valence-electron chi connectivity index (χ1n) is 8.71. The minimum Gasteiger partial charge on any atom is -0.486 e. The smallest absolute Gasteiger partial charge is 0.242 e. The Morgan fingerprint density at radius 3 is 2.74 bits per heavy atom. The number of hydrogen-bond acceptors (Lipinski definition) is 5. The molecule has 0 fully saturated rings. The van der Waals surface area contributed by atoms with Crippen LogP contribution in [0.4, 0.5) is 5.69 Å². The number of aryl methyl sites for hydroxylation is 1. The number of ether oxygens (including phenoxy) is 2. The van der Waals surface area contributed by atoms with Crippen molar-refractivity contribution in [2.24, 2.45) is 0 Å². The maximum atomic E-state index is 12.9. The number of para-hydroxylation sites is 2. The number of amides is 1. The Morgan fingerprint density at radius 1 is 1.15 bits per heavy atom. The van der Waals surface area contributed by atoms with Gasteiger partial charge in [-0.1, -0.05) is 12.1 Å². The van der Waals surface area contributed by atoms with Crippen molar-refractivity contribution in [3.05, 3.63) is 48.0 Å². The molecule has 2 aliphatic rings. The van der Waals surface area contributed by atoms with E-state index >= 15 is 0 Å². The zero-order valence-corrected chi connectivity index (χ0v) is 15.7. The number of likely N-dealkylation sites (N-methyl/N-ethyl adjacent to an activating group) is 1. The first-order valence-corrected chi connectivity index (χ1v) is 10.1. The SMILES string of the molecule is CN(C[C@H]1COc2ccccc2O1)S(=O)(=O)c1ccc2c(c1)CCC(=O)N2. The number of hydrogen-bond donors (Lipinski definition) is 1. The molecular weight excluding hydrogens is 368 g/mol. The normalized spacial score (nSPS) is 18.7. The number of carbonyl (C=O) groups excluding carboxylic acids is 1. The second-order valence-electron chi connectivity index (χ2n) is 6.65. The number of anilines is 1. The molecule has 0 spiro atoms. The van der Waals surface area contributed by atoms with Crippen LogP contribution in [0.2, 0.25) is 0 Å². The minimum absolute atomic E-state index is 0.0510. The molecule has 2 aromatic rings. The number of benzene rings is 2. The van der Waals surface area contributed by atoms with Gasteiger partial charge in [-0.3, -0.25) is 4.79 Å². The van der Waals surface area contributed by atoms with E-state index in [1.807, 2.05) is 18.2 Å². The van der Waals surface area contributed by atoms with Crippen LogP contribution in [-0.2, 0) is 21.2 Å². The van der Waals surface area contributed by atoms with Crippen molar-refractivity contribution < 1.29 is 22.7 Å². The van der Waals surface area contributed by atoms with E-state index in [1.54, 1.807) is 18.2 Å². The molecular formula is C19H20N2O5S. The number of sulfonamides is 1. The lowest BCUT2D eigenvalue weighted by Gasteiger charge is -2.29. The molecule has 0 saturated carbocycles. The van der Waals surface area contributed by atoms with Crippen molar-refractivity contribution in [2.75, 3.05) is 25.5 Å². The summed E-state index contributed by atoms with van der Waals surface area (Å²) < 4.78 is 38.7. The van der Waals surface area contributed by atoms with E-state index in [0.29, 0.717) is 30.0 Å². The van der Waals surface area contributed by atoms with Crippen LogP contribution in [0.1, 0.15) is 12.0 Å². The monoisotopic (exact) mass is 388 g/mol. The molecule has 27 heavy (non-hydrogen) atoms. The molecule has 8 heteroatoms. The van der Waals surface area contributed by atoms with E-state index in [9.17, 15) is 13.2 Å². The van der Waals surface area contributed by atoms with Gasteiger partial charge in [-0.15, -0.1) is 0 Å². The Bertz CT molecular complexity index is 989. The van der Waals surface area contributed by atoms with Gasteiger partial charge in [0.2, 0.25) is 15.9 Å². The van der Waals surface area contributed by atoms with Gasteiger partial charge in [-0.05, 0) is 42.3 Å². The quantitative estimate of drug-likeness (QED) is 0.866. The summed E-state index contributed by atoms with van der Waals surface area (Å²) in [6, 6.07) is 12.1. The molecule has 0 saturated heterocycles. The van der Waals surface area contributed by atoms with Crippen molar-refractivity contribution in [3.63, 3.8) is 0 Å². The molecule has 4 rings (SSSR count). The third-order valence-corrected chi connectivity index (χ3v) is 6.53. The van der Waals surface area contributed by atoms with Crippen molar-refractivity contribution in [1.29, 1.82) is 0 Å². The molecule has 0 aliphatic carbocycles. The topological polar surface area (TPSA) is 84.9 Å². The first-order chi connectivity index (χ1) is 12.9. The summed E-state index contributed by atoms with van der Waals surface area (Å²) >= 11 is 0. The number of nitrogens with zero attached hydrogens (tertiary/aromatic N) is 1. The number of carbonyl (C=O) groups is 1. The highest BCUT2D eigenvalue weighted by Gasteiger charge is 2.29. The van der Waals surface area contributed by atoms with Crippen molar-refractivity contribution in [1.82, 2.24) is 4.31 Å². The Morgan fingerprint density at radius 2 is 1.93 bits per heavy atom. The maximum Gasteiger partial charge on any atom is 0.242 e. The zero-order chi connectivity index (χ0) is 19.0. The van der Waals surface area contributed by atoms with Crippen LogP contribution < -0.4 is 14.8 Å². The van der Waals surface area contributed by atoms with Crippen LogP contribution in [-0.4, -0.2) is 44.9 Å². The van der Waals surface area contributed by atoms with Crippen LogP contribution >= 0.6 is 0 Å². The molecule has 0 unspecified atom stereocenters. The van der Waals surface area contributed by atoms with E-state index in [4.69, 9.17) is 9.47 Å². The van der Waals surface area contributed by atoms with Gasteiger partial charge < -0.3 is 14.8 Å². The third kappa shape index (κ3) is 3.50. The van der Waals surface area contributed by atoms with Crippen LogP contribution in [0.5, 0.6) is 11.5 Å². The zero-order valence-electron chi connectivity index (χ0n) is 14.8. The molecule has 2 aromatic carbocycles. The highest BCUT2D eigenvalue weighted by atomic mass is 32.2. The van der Waals surface area contributed by atoms with Crippen molar-refractivity contribution in [3.8, 4) is 11.5 Å².